The van der Waals surface area contributed by atoms with Gasteiger partial charge in [-0.25, -0.2) is 13.4 Å². The van der Waals surface area contributed by atoms with E-state index >= 15 is 0 Å². The molecule has 4 aromatic carbocycles. The van der Waals surface area contributed by atoms with Gasteiger partial charge in [-0.05, 0) is 92.1 Å². The van der Waals surface area contributed by atoms with Crippen LogP contribution in [-0.2, 0) is 23.0 Å². The van der Waals surface area contributed by atoms with Crippen LogP contribution < -0.4 is 9.54 Å². The third kappa shape index (κ3) is 7.47. The Morgan fingerprint density at radius 2 is 1.53 bits per heavy atom. The average molecular weight is 638 g/mol. The molecule has 1 saturated heterocycles. The molecule has 45 heavy (non-hydrogen) atoms. The predicted octanol–water partition coefficient (Wildman–Crippen LogP) is 7.85. The predicted molar refractivity (Wildman–Crippen MR) is 182 cm³/mol. The monoisotopic (exact) mass is 637 g/mol. The van der Waals surface area contributed by atoms with Crippen LogP contribution in [0.15, 0.2) is 118 Å². The van der Waals surface area contributed by atoms with Gasteiger partial charge in [-0.2, -0.15) is 4.31 Å². The minimum atomic E-state index is -3.56. The molecule has 0 N–H and O–H groups in total. The van der Waals surface area contributed by atoms with E-state index < -0.39 is 10.0 Å². The van der Waals surface area contributed by atoms with E-state index in [4.69, 9.17) is 9.73 Å². The van der Waals surface area contributed by atoms with Crippen molar-refractivity contribution in [2.45, 2.75) is 44.6 Å². The SMILES string of the molecule is CCOc1ccc(N=c2scc(-c3ccc(S(=O)(=O)N4CCC(Cc5ccccc5)CC4)cc3)n2Cc2ccc(C)cc2)cc1. The van der Waals surface area contributed by atoms with Gasteiger partial charge in [0.05, 0.1) is 29.4 Å². The normalized spacial score (nSPS) is 14.9. The maximum absolute atomic E-state index is 13.6. The van der Waals surface area contributed by atoms with E-state index in [0.717, 1.165) is 46.8 Å². The highest BCUT2D eigenvalue weighted by atomic mass is 32.2. The van der Waals surface area contributed by atoms with Crippen LogP contribution in [0, 0.1) is 12.8 Å². The van der Waals surface area contributed by atoms with Gasteiger partial charge in [-0.15, -0.1) is 11.3 Å². The Balaban J connectivity index is 1.23. The molecule has 0 aliphatic carbocycles. The first-order valence-electron chi connectivity index (χ1n) is 15.5. The second-order valence-corrected chi connectivity index (χ2v) is 14.4. The lowest BCUT2D eigenvalue weighted by atomic mass is 9.91. The number of rotatable bonds is 10. The lowest BCUT2D eigenvalue weighted by Crippen LogP contribution is -2.38. The van der Waals surface area contributed by atoms with Crippen LogP contribution >= 0.6 is 11.3 Å². The van der Waals surface area contributed by atoms with E-state index in [1.807, 2.05) is 49.4 Å². The van der Waals surface area contributed by atoms with Gasteiger partial charge in [0, 0.05) is 18.5 Å². The Morgan fingerprint density at radius 1 is 0.844 bits per heavy atom. The van der Waals surface area contributed by atoms with Gasteiger partial charge in [-0.3, -0.25) is 0 Å². The molecule has 6 nitrogen and oxygen atoms in total. The van der Waals surface area contributed by atoms with Crippen LogP contribution in [0.4, 0.5) is 5.69 Å². The fraction of sp³-hybridized carbons (Fsp3) is 0.270. The van der Waals surface area contributed by atoms with Crippen molar-refractivity contribution in [1.82, 2.24) is 8.87 Å². The summed E-state index contributed by atoms with van der Waals surface area (Å²) >= 11 is 1.57. The summed E-state index contributed by atoms with van der Waals surface area (Å²) in [4.78, 5) is 6.18. The fourth-order valence-electron chi connectivity index (χ4n) is 5.82. The summed E-state index contributed by atoms with van der Waals surface area (Å²) in [5.41, 5.74) is 6.49. The molecule has 1 aliphatic rings. The van der Waals surface area contributed by atoms with Crippen molar-refractivity contribution in [3.8, 4) is 17.0 Å². The van der Waals surface area contributed by atoms with Crippen LogP contribution in [0.1, 0.15) is 36.5 Å². The van der Waals surface area contributed by atoms with E-state index in [1.54, 1.807) is 27.8 Å². The minimum Gasteiger partial charge on any atom is -0.494 e. The number of nitrogens with zero attached hydrogens (tertiary/aromatic N) is 3. The third-order valence-electron chi connectivity index (χ3n) is 8.36. The van der Waals surface area contributed by atoms with Crippen molar-refractivity contribution in [2.75, 3.05) is 19.7 Å². The van der Waals surface area contributed by atoms with Crippen molar-refractivity contribution in [1.29, 1.82) is 0 Å². The van der Waals surface area contributed by atoms with Crippen molar-refractivity contribution in [3.63, 3.8) is 0 Å². The number of ether oxygens (including phenoxy) is 1. The first-order chi connectivity index (χ1) is 21.9. The van der Waals surface area contributed by atoms with Gasteiger partial charge < -0.3 is 9.30 Å². The summed E-state index contributed by atoms with van der Waals surface area (Å²) in [6, 6.07) is 34.1. The zero-order valence-electron chi connectivity index (χ0n) is 25.8. The Bertz CT molecular complexity index is 1870. The second-order valence-electron chi connectivity index (χ2n) is 11.6. The molecular weight excluding hydrogens is 599 g/mol. The lowest BCUT2D eigenvalue weighted by Gasteiger charge is -2.31. The van der Waals surface area contributed by atoms with Crippen LogP contribution in [0.5, 0.6) is 5.75 Å². The number of aromatic nitrogens is 1. The van der Waals surface area contributed by atoms with Crippen LogP contribution in [0.2, 0.25) is 0 Å². The standard InChI is InChI=1S/C37H39N3O3S2/c1-3-43-34-17-15-33(16-18-34)38-37-40(26-31-11-9-28(2)10-12-31)36(27-44-37)32-13-19-35(20-14-32)45(41,42)39-23-21-30(22-24-39)25-29-7-5-4-6-8-29/h4-20,27,30H,3,21-26H2,1-2H3. The van der Waals surface area contributed by atoms with E-state index in [1.165, 1.54) is 16.7 Å². The summed E-state index contributed by atoms with van der Waals surface area (Å²) in [6.45, 7) is 6.43. The molecule has 8 heteroatoms. The molecule has 1 aliphatic heterocycles. The highest BCUT2D eigenvalue weighted by molar-refractivity contribution is 7.89. The van der Waals surface area contributed by atoms with Crippen molar-refractivity contribution in [2.24, 2.45) is 10.9 Å². The van der Waals surface area contributed by atoms with Gasteiger partial charge in [0.2, 0.25) is 10.0 Å². The Morgan fingerprint density at radius 3 is 2.20 bits per heavy atom. The van der Waals surface area contributed by atoms with E-state index in [2.05, 4.69) is 65.4 Å². The summed E-state index contributed by atoms with van der Waals surface area (Å²) in [5, 5.41) is 2.10. The molecule has 6 rings (SSSR count). The maximum Gasteiger partial charge on any atom is 0.243 e. The maximum atomic E-state index is 13.6. The largest absolute Gasteiger partial charge is 0.494 e. The lowest BCUT2D eigenvalue weighted by molar-refractivity contribution is 0.273. The van der Waals surface area contributed by atoms with E-state index in [0.29, 0.717) is 37.1 Å². The topological polar surface area (TPSA) is 63.9 Å². The zero-order valence-corrected chi connectivity index (χ0v) is 27.4. The molecule has 232 valence electrons. The smallest absolute Gasteiger partial charge is 0.243 e. The quantitative estimate of drug-likeness (QED) is 0.157. The third-order valence-corrected chi connectivity index (χ3v) is 11.1. The molecule has 1 aromatic heterocycles. The molecular formula is C37H39N3O3S2. The molecule has 0 amide bonds. The number of hydrogen-bond acceptors (Lipinski definition) is 5. The van der Waals surface area contributed by atoms with Gasteiger partial charge in [0.15, 0.2) is 4.80 Å². The van der Waals surface area contributed by atoms with Gasteiger partial charge in [0.1, 0.15) is 5.75 Å². The number of sulfonamides is 1. The molecule has 5 aromatic rings. The Hall–Kier alpha value is -3.98. The highest BCUT2D eigenvalue weighted by Crippen LogP contribution is 2.29. The summed E-state index contributed by atoms with van der Waals surface area (Å²) in [5.74, 6) is 1.33. The number of aryl methyl sites for hydroxylation is 1. The van der Waals surface area contributed by atoms with Crippen LogP contribution in [0.25, 0.3) is 11.3 Å². The zero-order chi connectivity index (χ0) is 31.2. The molecule has 0 radical (unpaired) electrons. The minimum absolute atomic E-state index is 0.340. The number of benzene rings is 4. The van der Waals surface area contributed by atoms with Crippen molar-refractivity contribution >= 4 is 27.0 Å². The van der Waals surface area contributed by atoms with Gasteiger partial charge >= 0.3 is 0 Å². The average Bonchev–Trinajstić information content (AvgIpc) is 3.45. The van der Waals surface area contributed by atoms with Gasteiger partial charge in [-0.1, -0.05) is 72.3 Å². The highest BCUT2D eigenvalue weighted by Gasteiger charge is 2.29. The molecule has 0 unspecified atom stereocenters. The number of thiazole rings is 1. The Labute approximate surface area is 270 Å². The van der Waals surface area contributed by atoms with E-state index in [9.17, 15) is 8.42 Å². The molecule has 0 saturated carbocycles. The molecule has 0 atom stereocenters. The van der Waals surface area contributed by atoms with Crippen LogP contribution in [0.3, 0.4) is 0 Å². The fourth-order valence-corrected chi connectivity index (χ4v) is 8.22. The molecule has 0 bridgehead atoms. The summed E-state index contributed by atoms with van der Waals surface area (Å²) in [6.07, 6.45) is 2.75. The molecule has 1 fully saturated rings. The summed E-state index contributed by atoms with van der Waals surface area (Å²) < 4.78 is 36.7. The molecule has 2 heterocycles. The van der Waals surface area contributed by atoms with Crippen molar-refractivity contribution in [3.05, 3.63) is 130 Å². The molecule has 0 spiro atoms. The van der Waals surface area contributed by atoms with Crippen LogP contribution in [-0.4, -0.2) is 37.0 Å². The number of hydrogen-bond donors (Lipinski definition) is 0. The second kappa shape index (κ2) is 14.0. The first-order valence-corrected chi connectivity index (χ1v) is 17.9. The summed E-state index contributed by atoms with van der Waals surface area (Å²) in [7, 11) is -3.56. The Kier molecular flexibility index (Phi) is 9.64. The number of piperidine rings is 1. The van der Waals surface area contributed by atoms with Gasteiger partial charge in [0.25, 0.3) is 0 Å². The first kappa shape index (κ1) is 31.0. The van der Waals surface area contributed by atoms with E-state index in [-0.39, 0.29) is 0 Å². The van der Waals surface area contributed by atoms with Crippen molar-refractivity contribution < 1.29 is 13.2 Å².